The number of benzene rings is 2. The van der Waals surface area contributed by atoms with Crippen LogP contribution in [0, 0.1) is 0 Å². The summed E-state index contributed by atoms with van der Waals surface area (Å²) in [6.07, 6.45) is 3.09. The Labute approximate surface area is 212 Å². The molecule has 2 aromatic carbocycles. The Morgan fingerprint density at radius 3 is 1.53 bits per heavy atom. The maximum absolute atomic E-state index is 11.1. The van der Waals surface area contributed by atoms with Crippen molar-refractivity contribution in [3.05, 3.63) is 72.1 Å². The topological polar surface area (TPSA) is 199 Å². The van der Waals surface area contributed by atoms with Crippen molar-refractivity contribution in [2.75, 3.05) is 7.11 Å². The minimum atomic E-state index is -1.26. The molecule has 0 fully saturated rings. The third kappa shape index (κ3) is 4.44. The molecular weight excluding hydrogens is 498 g/mol. The Bertz CT molecular complexity index is 1590. The third-order valence-electron chi connectivity index (χ3n) is 5.50. The number of ether oxygens (including phenoxy) is 1. The third-order valence-corrected chi connectivity index (χ3v) is 5.50. The van der Waals surface area contributed by atoms with E-state index in [-0.39, 0.29) is 11.1 Å². The van der Waals surface area contributed by atoms with E-state index in [0.717, 1.165) is 0 Å². The number of pyridine rings is 1. The van der Waals surface area contributed by atoms with Crippen molar-refractivity contribution in [3.8, 4) is 51.4 Å². The van der Waals surface area contributed by atoms with Gasteiger partial charge in [-0.2, -0.15) is 0 Å². The summed E-state index contributed by atoms with van der Waals surface area (Å²) in [5.41, 5.74) is 1.76. The number of methoxy groups -OCH3 is 1. The number of phenols is 2. The van der Waals surface area contributed by atoms with Crippen LogP contribution in [0.3, 0.4) is 0 Å². The van der Waals surface area contributed by atoms with Gasteiger partial charge in [0.25, 0.3) is 0 Å². The van der Waals surface area contributed by atoms with E-state index >= 15 is 0 Å². The summed E-state index contributed by atoms with van der Waals surface area (Å²) in [7, 11) is 1.48. The van der Waals surface area contributed by atoms with Crippen molar-refractivity contribution in [2.24, 2.45) is 0 Å². The van der Waals surface area contributed by atoms with Gasteiger partial charge in [0, 0.05) is 24.3 Å². The largest absolute Gasteiger partial charge is 0.507 e. The highest BCUT2D eigenvalue weighted by atomic mass is 16.5. The zero-order valence-electron chi connectivity index (χ0n) is 19.4. The molecule has 0 unspecified atom stereocenters. The molecule has 3 aromatic heterocycles. The van der Waals surface area contributed by atoms with Crippen LogP contribution in [0.1, 0.15) is 20.7 Å². The highest BCUT2D eigenvalue weighted by Gasteiger charge is 2.16. The van der Waals surface area contributed by atoms with Gasteiger partial charge in [-0.25, -0.2) is 23.9 Å². The minimum Gasteiger partial charge on any atom is -0.507 e. The van der Waals surface area contributed by atoms with Crippen molar-refractivity contribution < 1.29 is 34.8 Å². The van der Waals surface area contributed by atoms with Gasteiger partial charge < -0.3 is 25.2 Å². The molecule has 0 atom stereocenters. The SMILES string of the molecule is COc1cc(-c2cn(-c3ccc(C(=O)O)c(O)c3)nn2)nc(-c2cn(-c3ccc(C(=O)O)c(O)c3)nn2)c1. The van der Waals surface area contributed by atoms with Crippen LogP contribution >= 0.6 is 0 Å². The molecule has 0 aliphatic rings. The first-order valence-electron chi connectivity index (χ1n) is 10.8. The van der Waals surface area contributed by atoms with Crippen LogP contribution in [-0.4, -0.2) is 74.4 Å². The van der Waals surface area contributed by atoms with Gasteiger partial charge in [0.15, 0.2) is 0 Å². The van der Waals surface area contributed by atoms with Gasteiger partial charge in [-0.15, -0.1) is 10.2 Å². The number of nitrogens with zero attached hydrogens (tertiary/aromatic N) is 7. The molecule has 0 saturated carbocycles. The van der Waals surface area contributed by atoms with Crippen LogP contribution in [0.25, 0.3) is 34.2 Å². The van der Waals surface area contributed by atoms with Crippen molar-refractivity contribution >= 4 is 11.9 Å². The molecule has 0 spiro atoms. The van der Waals surface area contributed by atoms with Gasteiger partial charge in [0.1, 0.15) is 39.8 Å². The Kier molecular flexibility index (Phi) is 5.88. The van der Waals surface area contributed by atoms with E-state index in [1.807, 2.05) is 0 Å². The molecule has 190 valence electrons. The van der Waals surface area contributed by atoms with Crippen LogP contribution in [0.4, 0.5) is 0 Å². The molecule has 14 nitrogen and oxygen atoms in total. The number of hydrogen-bond acceptors (Lipinski definition) is 10. The molecule has 0 amide bonds. The van der Waals surface area contributed by atoms with E-state index in [1.54, 1.807) is 24.5 Å². The van der Waals surface area contributed by atoms with Gasteiger partial charge in [0.05, 0.1) is 42.3 Å². The minimum absolute atomic E-state index is 0.241. The van der Waals surface area contributed by atoms with Gasteiger partial charge in [-0.1, -0.05) is 10.4 Å². The van der Waals surface area contributed by atoms with Crippen LogP contribution in [0.5, 0.6) is 17.2 Å². The lowest BCUT2D eigenvalue weighted by molar-refractivity contribution is 0.0682. The zero-order valence-corrected chi connectivity index (χ0v) is 19.4. The molecule has 4 N–H and O–H groups in total. The first-order valence-corrected chi connectivity index (χ1v) is 10.8. The quantitative estimate of drug-likeness (QED) is 0.247. The second-order valence-electron chi connectivity index (χ2n) is 7.89. The summed E-state index contributed by atoms with van der Waals surface area (Å²) in [5, 5.41) is 54.5. The molecule has 0 aliphatic carbocycles. The average molecular weight is 515 g/mol. The molecular formula is C24H17N7O7. The van der Waals surface area contributed by atoms with Crippen molar-refractivity contribution in [1.82, 2.24) is 35.0 Å². The summed E-state index contributed by atoms with van der Waals surface area (Å²) in [4.78, 5) is 26.9. The Balaban J connectivity index is 1.48. The maximum atomic E-state index is 11.1. The first kappa shape index (κ1) is 23.9. The van der Waals surface area contributed by atoms with Gasteiger partial charge in [-0.05, 0) is 24.3 Å². The van der Waals surface area contributed by atoms with E-state index in [4.69, 9.17) is 14.9 Å². The molecule has 38 heavy (non-hydrogen) atoms. The van der Waals surface area contributed by atoms with Crippen LogP contribution in [-0.2, 0) is 0 Å². The van der Waals surface area contributed by atoms with Crippen LogP contribution < -0.4 is 4.74 Å². The highest BCUT2D eigenvalue weighted by molar-refractivity contribution is 5.91. The number of carboxylic acid groups (broad SMARTS) is 2. The van der Waals surface area contributed by atoms with E-state index in [9.17, 15) is 19.8 Å². The predicted octanol–water partition coefficient (Wildman–Crippen LogP) is 2.39. The van der Waals surface area contributed by atoms with E-state index in [0.29, 0.717) is 39.9 Å². The predicted molar refractivity (Wildman–Crippen MR) is 129 cm³/mol. The normalized spacial score (nSPS) is 10.9. The second kappa shape index (κ2) is 9.34. The smallest absolute Gasteiger partial charge is 0.339 e. The van der Waals surface area contributed by atoms with Gasteiger partial charge in [0.2, 0.25) is 0 Å². The summed E-state index contributed by atoms with van der Waals surface area (Å²) in [5.74, 6) is -2.90. The standard InChI is InChI=1S/C24H17N7O7/c1-38-14-8-17(19-10-30(28-26-19)12-2-4-15(23(34)35)21(32)6-12)25-18(9-14)20-11-31(29-27-20)13-3-5-16(24(36)37)22(33)7-13/h2-11,32-33H,1H3,(H,34,35)(H,36,37). The molecule has 5 aromatic rings. The lowest BCUT2D eigenvalue weighted by atomic mass is 10.2. The molecule has 0 bridgehead atoms. The monoisotopic (exact) mass is 515 g/mol. The lowest BCUT2D eigenvalue weighted by Gasteiger charge is -2.05. The van der Waals surface area contributed by atoms with Crippen molar-refractivity contribution in [1.29, 1.82) is 0 Å². The van der Waals surface area contributed by atoms with E-state index < -0.39 is 23.4 Å². The maximum Gasteiger partial charge on any atom is 0.339 e. The second-order valence-corrected chi connectivity index (χ2v) is 7.89. The number of aromatic hydroxyl groups is 2. The number of aromatic nitrogens is 7. The zero-order chi connectivity index (χ0) is 27.0. The fraction of sp³-hybridized carbons (Fsp3) is 0.0417. The van der Waals surface area contributed by atoms with Gasteiger partial charge in [-0.3, -0.25) is 0 Å². The number of carboxylic acids is 2. The molecule has 3 heterocycles. The average Bonchev–Trinajstić information content (AvgIpc) is 3.58. The van der Waals surface area contributed by atoms with Crippen molar-refractivity contribution in [2.45, 2.75) is 0 Å². The summed E-state index contributed by atoms with van der Waals surface area (Å²) in [6.45, 7) is 0. The summed E-state index contributed by atoms with van der Waals surface area (Å²) < 4.78 is 8.10. The van der Waals surface area contributed by atoms with Crippen molar-refractivity contribution in [3.63, 3.8) is 0 Å². The van der Waals surface area contributed by atoms with E-state index in [1.165, 1.54) is 52.9 Å². The number of carbonyl (C=O) groups is 2. The summed E-state index contributed by atoms with van der Waals surface area (Å²) in [6, 6.07) is 11.3. The van der Waals surface area contributed by atoms with Crippen LogP contribution in [0.15, 0.2) is 60.9 Å². The number of rotatable bonds is 7. The molecule has 0 aliphatic heterocycles. The number of hydrogen-bond donors (Lipinski definition) is 4. The Morgan fingerprint density at radius 2 is 1.16 bits per heavy atom. The molecule has 0 radical (unpaired) electrons. The van der Waals surface area contributed by atoms with E-state index in [2.05, 4.69) is 25.6 Å². The fourth-order valence-electron chi connectivity index (χ4n) is 3.59. The molecule has 5 rings (SSSR count). The Hall–Kier alpha value is -5.79. The van der Waals surface area contributed by atoms with Gasteiger partial charge >= 0.3 is 11.9 Å². The lowest BCUT2D eigenvalue weighted by Crippen LogP contribution is -2.00. The Morgan fingerprint density at radius 1 is 0.711 bits per heavy atom. The molecule has 14 heteroatoms. The molecule has 0 saturated heterocycles. The number of aromatic carboxylic acids is 2. The fourth-order valence-corrected chi connectivity index (χ4v) is 3.59. The summed E-state index contributed by atoms with van der Waals surface area (Å²) >= 11 is 0. The highest BCUT2D eigenvalue weighted by Crippen LogP contribution is 2.28. The first-order chi connectivity index (χ1) is 18.2. The van der Waals surface area contributed by atoms with Crippen LogP contribution in [0.2, 0.25) is 0 Å².